The summed E-state index contributed by atoms with van der Waals surface area (Å²) in [7, 11) is 0. The molecular formula is C18H18FNO. The fraction of sp³-hybridized carbons (Fsp3) is 0.222. The maximum absolute atomic E-state index is 13.0. The third kappa shape index (κ3) is 3.70. The molecule has 3 heteroatoms. The van der Waals surface area contributed by atoms with Crippen LogP contribution in [0.4, 0.5) is 4.39 Å². The predicted octanol–water partition coefficient (Wildman–Crippen LogP) is 3.87. The van der Waals surface area contributed by atoms with Crippen LogP contribution >= 0.6 is 0 Å². The van der Waals surface area contributed by atoms with E-state index in [1.807, 2.05) is 18.2 Å². The van der Waals surface area contributed by atoms with Gasteiger partial charge in [0.2, 0.25) is 0 Å². The first-order valence-electron chi connectivity index (χ1n) is 7.15. The van der Waals surface area contributed by atoms with Gasteiger partial charge in [0.25, 0.3) is 0 Å². The summed E-state index contributed by atoms with van der Waals surface area (Å²) in [5, 5.41) is 0. The fourth-order valence-corrected chi connectivity index (χ4v) is 2.44. The van der Waals surface area contributed by atoms with Crippen molar-refractivity contribution in [3.05, 3.63) is 77.7 Å². The van der Waals surface area contributed by atoms with Gasteiger partial charge in [-0.25, -0.2) is 4.39 Å². The van der Waals surface area contributed by atoms with Crippen molar-refractivity contribution in [3.8, 4) is 0 Å². The molecule has 108 valence electrons. The molecule has 3 rings (SSSR count). The van der Waals surface area contributed by atoms with Crippen LogP contribution in [0.15, 0.2) is 60.8 Å². The van der Waals surface area contributed by atoms with E-state index in [1.165, 1.54) is 17.7 Å². The smallest absolute Gasteiger partial charge is 0.123 e. The summed E-state index contributed by atoms with van der Waals surface area (Å²) >= 11 is 0. The summed E-state index contributed by atoms with van der Waals surface area (Å²) in [5.41, 5.74) is 2.21. The maximum atomic E-state index is 13.0. The number of benzene rings is 2. The summed E-state index contributed by atoms with van der Waals surface area (Å²) in [6, 6.07) is 16.8. The molecular weight excluding hydrogens is 265 g/mol. The largest absolute Gasteiger partial charge is 0.372 e. The lowest BCUT2D eigenvalue weighted by molar-refractivity contribution is -0.0135. The van der Waals surface area contributed by atoms with Crippen LogP contribution in [0.5, 0.6) is 0 Å². The van der Waals surface area contributed by atoms with E-state index >= 15 is 0 Å². The lowest BCUT2D eigenvalue weighted by Crippen LogP contribution is -2.34. The average molecular weight is 283 g/mol. The summed E-state index contributed by atoms with van der Waals surface area (Å²) in [4.78, 5) is 2.24. The molecule has 0 bridgehead atoms. The minimum absolute atomic E-state index is 0.000210. The van der Waals surface area contributed by atoms with Crippen LogP contribution in [-0.4, -0.2) is 24.6 Å². The highest BCUT2D eigenvalue weighted by molar-refractivity contribution is 5.48. The van der Waals surface area contributed by atoms with Gasteiger partial charge in [-0.2, -0.15) is 0 Å². The highest BCUT2D eigenvalue weighted by atomic mass is 19.1. The van der Waals surface area contributed by atoms with E-state index in [0.29, 0.717) is 6.61 Å². The average Bonchev–Trinajstić information content (AvgIpc) is 2.55. The van der Waals surface area contributed by atoms with E-state index in [4.69, 9.17) is 4.74 Å². The van der Waals surface area contributed by atoms with Crippen LogP contribution in [0.2, 0.25) is 0 Å². The Morgan fingerprint density at radius 3 is 2.57 bits per heavy atom. The molecule has 0 aliphatic carbocycles. The lowest BCUT2D eigenvalue weighted by Gasteiger charge is -2.32. The van der Waals surface area contributed by atoms with Crippen molar-refractivity contribution >= 4 is 6.08 Å². The summed E-state index contributed by atoms with van der Waals surface area (Å²) in [5.74, 6) is -0.213. The fourth-order valence-electron chi connectivity index (χ4n) is 2.44. The molecule has 1 fully saturated rings. The molecule has 2 aromatic carbocycles. The Morgan fingerprint density at radius 1 is 1.05 bits per heavy atom. The topological polar surface area (TPSA) is 12.5 Å². The molecule has 0 saturated carbocycles. The van der Waals surface area contributed by atoms with Gasteiger partial charge >= 0.3 is 0 Å². The molecule has 0 N–H and O–H groups in total. The van der Waals surface area contributed by atoms with Gasteiger partial charge < -0.3 is 9.64 Å². The molecule has 0 aromatic heterocycles. The van der Waals surface area contributed by atoms with Gasteiger partial charge in [-0.1, -0.05) is 42.5 Å². The number of ether oxygens (including phenoxy) is 1. The van der Waals surface area contributed by atoms with Crippen LogP contribution in [-0.2, 0) is 4.74 Å². The number of halogens is 1. The Bertz CT molecular complexity index is 594. The first-order valence-corrected chi connectivity index (χ1v) is 7.15. The molecule has 1 aliphatic rings. The van der Waals surface area contributed by atoms with Crippen molar-refractivity contribution < 1.29 is 9.13 Å². The van der Waals surface area contributed by atoms with Gasteiger partial charge in [-0.15, -0.1) is 0 Å². The maximum Gasteiger partial charge on any atom is 0.123 e. The Morgan fingerprint density at radius 2 is 1.81 bits per heavy atom. The van der Waals surface area contributed by atoms with E-state index in [2.05, 4.69) is 29.3 Å². The minimum atomic E-state index is -0.213. The molecule has 0 radical (unpaired) electrons. The van der Waals surface area contributed by atoms with E-state index in [-0.39, 0.29) is 11.9 Å². The van der Waals surface area contributed by atoms with Crippen LogP contribution in [0.3, 0.4) is 0 Å². The van der Waals surface area contributed by atoms with Crippen LogP contribution in [0.1, 0.15) is 17.2 Å². The predicted molar refractivity (Wildman–Crippen MR) is 82.1 cm³/mol. The number of nitrogens with zero attached hydrogens (tertiary/aromatic N) is 1. The van der Waals surface area contributed by atoms with Crippen molar-refractivity contribution in [1.29, 1.82) is 0 Å². The van der Waals surface area contributed by atoms with Crippen molar-refractivity contribution in [2.24, 2.45) is 0 Å². The quantitative estimate of drug-likeness (QED) is 0.848. The van der Waals surface area contributed by atoms with Gasteiger partial charge in [-0.05, 0) is 35.5 Å². The normalized spacial score (nSPS) is 19.1. The second kappa shape index (κ2) is 6.55. The van der Waals surface area contributed by atoms with E-state index < -0.39 is 0 Å². The summed E-state index contributed by atoms with van der Waals surface area (Å²) < 4.78 is 18.8. The van der Waals surface area contributed by atoms with Crippen molar-refractivity contribution in [1.82, 2.24) is 4.90 Å². The lowest BCUT2D eigenvalue weighted by atomic mass is 10.1. The van der Waals surface area contributed by atoms with Crippen molar-refractivity contribution in [2.75, 3.05) is 19.7 Å². The Kier molecular flexibility index (Phi) is 4.31. The van der Waals surface area contributed by atoms with E-state index in [0.717, 1.165) is 18.7 Å². The van der Waals surface area contributed by atoms with Crippen molar-refractivity contribution in [2.45, 2.75) is 6.10 Å². The molecule has 2 aromatic rings. The Hall–Kier alpha value is -2.13. The molecule has 1 saturated heterocycles. The summed E-state index contributed by atoms with van der Waals surface area (Å²) in [6.45, 7) is 2.34. The zero-order valence-electron chi connectivity index (χ0n) is 11.8. The zero-order chi connectivity index (χ0) is 14.5. The van der Waals surface area contributed by atoms with Gasteiger partial charge in [0.15, 0.2) is 0 Å². The molecule has 0 amide bonds. The van der Waals surface area contributed by atoms with Crippen LogP contribution < -0.4 is 0 Å². The highest BCUT2D eigenvalue weighted by Gasteiger charge is 2.19. The molecule has 21 heavy (non-hydrogen) atoms. The molecule has 0 unspecified atom stereocenters. The molecule has 1 aliphatic heterocycles. The first kappa shape index (κ1) is 13.8. The SMILES string of the molecule is Fc1ccc([C@H]2CN(C=Cc3ccccc3)CCO2)cc1. The van der Waals surface area contributed by atoms with E-state index in [1.54, 1.807) is 12.1 Å². The number of rotatable bonds is 3. The van der Waals surface area contributed by atoms with Gasteiger partial charge in [-0.3, -0.25) is 0 Å². The van der Waals surface area contributed by atoms with Crippen LogP contribution in [0, 0.1) is 5.82 Å². The number of hydrogen-bond donors (Lipinski definition) is 0. The molecule has 0 spiro atoms. The number of hydrogen-bond acceptors (Lipinski definition) is 2. The first-order chi connectivity index (χ1) is 10.3. The zero-order valence-corrected chi connectivity index (χ0v) is 11.8. The van der Waals surface area contributed by atoms with Gasteiger partial charge in [0, 0.05) is 13.1 Å². The second-order valence-electron chi connectivity index (χ2n) is 5.13. The highest BCUT2D eigenvalue weighted by Crippen LogP contribution is 2.22. The summed E-state index contributed by atoms with van der Waals surface area (Å²) in [6.07, 6.45) is 4.21. The third-order valence-corrected chi connectivity index (χ3v) is 3.62. The second-order valence-corrected chi connectivity index (χ2v) is 5.13. The minimum Gasteiger partial charge on any atom is -0.372 e. The monoisotopic (exact) mass is 283 g/mol. The molecule has 1 atom stereocenters. The van der Waals surface area contributed by atoms with Gasteiger partial charge in [0.1, 0.15) is 5.82 Å². The standard InChI is InChI=1S/C18H18FNO/c19-17-8-6-16(7-9-17)18-14-20(12-13-21-18)11-10-15-4-2-1-3-5-15/h1-11,18H,12-14H2/t18-/m1/s1. The van der Waals surface area contributed by atoms with E-state index in [9.17, 15) is 4.39 Å². The number of morpholine rings is 1. The Labute approximate surface area is 124 Å². The molecule has 2 nitrogen and oxygen atoms in total. The van der Waals surface area contributed by atoms with Crippen LogP contribution in [0.25, 0.3) is 6.08 Å². The molecule has 1 heterocycles. The van der Waals surface area contributed by atoms with Crippen molar-refractivity contribution in [3.63, 3.8) is 0 Å². The van der Waals surface area contributed by atoms with Gasteiger partial charge in [0.05, 0.1) is 12.7 Å². The third-order valence-electron chi connectivity index (χ3n) is 3.62. The Balaban J connectivity index is 1.66.